The van der Waals surface area contributed by atoms with Crippen molar-refractivity contribution in [3.8, 4) is 11.3 Å². The van der Waals surface area contributed by atoms with Gasteiger partial charge in [0.1, 0.15) is 11.7 Å². The van der Waals surface area contributed by atoms with Crippen LogP contribution in [0.5, 0.6) is 0 Å². The van der Waals surface area contributed by atoms with Gasteiger partial charge in [0.25, 0.3) is 0 Å². The molecule has 0 aliphatic carbocycles. The third-order valence-corrected chi connectivity index (χ3v) is 3.02. The van der Waals surface area contributed by atoms with E-state index in [2.05, 4.69) is 4.98 Å². The summed E-state index contributed by atoms with van der Waals surface area (Å²) < 4.78 is 1.53. The number of carbonyl (C=O) groups is 2. The van der Waals surface area contributed by atoms with Crippen molar-refractivity contribution in [2.45, 2.75) is 0 Å². The standard InChI is InChI=1S/C15H10N2O3.Na/c18-14(15(19)20)13-11(12-6-1-3-7-16-12)9-10-5-2-4-8-17(10)13;/h1-9H,(H,19,20);/q;+1/p-1. The molecule has 0 unspecified atom stereocenters. The summed E-state index contributed by atoms with van der Waals surface area (Å²) in [6.45, 7) is 0. The van der Waals surface area contributed by atoms with Gasteiger partial charge < -0.3 is 14.3 Å². The molecule has 5 nitrogen and oxygen atoms in total. The van der Waals surface area contributed by atoms with Crippen LogP contribution in [0.1, 0.15) is 10.5 Å². The zero-order chi connectivity index (χ0) is 14.1. The molecule has 0 N–H and O–H groups in total. The Bertz CT molecular complexity index is 812. The Kier molecular flexibility index (Phi) is 4.57. The Morgan fingerprint density at radius 2 is 1.86 bits per heavy atom. The fourth-order valence-electron chi connectivity index (χ4n) is 2.17. The summed E-state index contributed by atoms with van der Waals surface area (Å²) in [6, 6.07) is 12.3. The maximum Gasteiger partial charge on any atom is 1.00 e. The van der Waals surface area contributed by atoms with Gasteiger partial charge in [0.15, 0.2) is 0 Å². The molecule has 3 aromatic rings. The number of aliphatic carboxylic acids is 1. The van der Waals surface area contributed by atoms with Crippen LogP contribution in [0.3, 0.4) is 0 Å². The molecule has 6 heteroatoms. The van der Waals surface area contributed by atoms with E-state index in [1.807, 2.05) is 6.07 Å². The second kappa shape index (κ2) is 6.22. The third kappa shape index (κ3) is 2.76. The smallest absolute Gasteiger partial charge is 0.541 e. The van der Waals surface area contributed by atoms with Crippen molar-refractivity contribution in [3.63, 3.8) is 0 Å². The Morgan fingerprint density at radius 1 is 1.10 bits per heavy atom. The summed E-state index contributed by atoms with van der Waals surface area (Å²) >= 11 is 0. The molecule has 0 aliphatic rings. The Labute approximate surface area is 142 Å². The number of Topliss-reactive ketones (excluding diaryl/α,β-unsaturated/α-hetero) is 1. The summed E-state index contributed by atoms with van der Waals surface area (Å²) in [5.41, 5.74) is 1.80. The van der Waals surface area contributed by atoms with Crippen LogP contribution in [0.15, 0.2) is 54.9 Å². The van der Waals surface area contributed by atoms with E-state index < -0.39 is 11.8 Å². The molecule has 0 atom stereocenters. The second-order valence-corrected chi connectivity index (χ2v) is 4.23. The first-order valence-corrected chi connectivity index (χ1v) is 5.95. The van der Waals surface area contributed by atoms with Crippen molar-refractivity contribution in [1.82, 2.24) is 9.38 Å². The van der Waals surface area contributed by atoms with Crippen LogP contribution in [0.4, 0.5) is 0 Å². The third-order valence-electron chi connectivity index (χ3n) is 3.02. The van der Waals surface area contributed by atoms with E-state index in [9.17, 15) is 14.7 Å². The number of hydrogen-bond donors (Lipinski definition) is 0. The number of fused-ring (bicyclic) bond motifs is 1. The van der Waals surface area contributed by atoms with Gasteiger partial charge in [-0.25, -0.2) is 0 Å². The topological polar surface area (TPSA) is 74.5 Å². The number of carboxylic acids is 1. The molecule has 21 heavy (non-hydrogen) atoms. The summed E-state index contributed by atoms with van der Waals surface area (Å²) in [6.07, 6.45) is 3.23. The SMILES string of the molecule is O=C([O-])C(=O)c1c(-c2ccccn2)cc2ccccn12.[Na+]. The van der Waals surface area contributed by atoms with Crippen molar-refractivity contribution in [2.24, 2.45) is 0 Å². The Balaban J connectivity index is 0.00000161. The quantitative estimate of drug-likeness (QED) is 0.315. The van der Waals surface area contributed by atoms with Gasteiger partial charge >= 0.3 is 29.6 Å². The van der Waals surface area contributed by atoms with Gasteiger partial charge in [0.2, 0.25) is 5.78 Å². The number of pyridine rings is 2. The number of aromatic nitrogens is 2. The molecule has 0 fully saturated rings. The maximum absolute atomic E-state index is 11.9. The first kappa shape index (κ1) is 15.4. The van der Waals surface area contributed by atoms with Crippen LogP contribution >= 0.6 is 0 Å². The molecule has 98 valence electrons. The van der Waals surface area contributed by atoms with E-state index in [0.717, 1.165) is 5.52 Å². The molecule has 3 aromatic heterocycles. The minimum absolute atomic E-state index is 0. The van der Waals surface area contributed by atoms with E-state index in [-0.39, 0.29) is 35.3 Å². The molecular formula is C15H9N2NaO3. The van der Waals surface area contributed by atoms with Crippen LogP contribution in [0, 0.1) is 0 Å². The monoisotopic (exact) mass is 288 g/mol. The molecule has 0 bridgehead atoms. The molecule has 3 heterocycles. The van der Waals surface area contributed by atoms with E-state index in [4.69, 9.17) is 0 Å². The van der Waals surface area contributed by atoms with Crippen LogP contribution < -0.4 is 34.7 Å². The largest absolute Gasteiger partial charge is 1.00 e. The summed E-state index contributed by atoms with van der Waals surface area (Å²) in [4.78, 5) is 27.0. The van der Waals surface area contributed by atoms with Crippen molar-refractivity contribution in [3.05, 3.63) is 60.6 Å². The minimum atomic E-state index is -1.73. The number of carboxylic acid groups (broad SMARTS) is 1. The van der Waals surface area contributed by atoms with Gasteiger partial charge in [-0.2, -0.15) is 0 Å². The molecule has 0 aliphatic heterocycles. The molecule has 3 rings (SSSR count). The fraction of sp³-hybridized carbons (Fsp3) is 0. The zero-order valence-electron chi connectivity index (χ0n) is 11.3. The van der Waals surface area contributed by atoms with Crippen LogP contribution in [0.25, 0.3) is 16.8 Å². The van der Waals surface area contributed by atoms with E-state index in [1.54, 1.807) is 48.8 Å². The number of hydrogen-bond acceptors (Lipinski definition) is 4. The van der Waals surface area contributed by atoms with Gasteiger partial charge in [0.05, 0.1) is 5.69 Å². The van der Waals surface area contributed by atoms with Crippen molar-refractivity contribution in [2.75, 3.05) is 0 Å². The van der Waals surface area contributed by atoms with Gasteiger partial charge in [-0.3, -0.25) is 9.78 Å². The minimum Gasteiger partial charge on any atom is -0.541 e. The molecule has 0 saturated carbocycles. The van der Waals surface area contributed by atoms with Crippen LogP contribution in [-0.4, -0.2) is 21.1 Å². The second-order valence-electron chi connectivity index (χ2n) is 4.23. The molecule has 0 amide bonds. The average Bonchev–Trinajstić information content (AvgIpc) is 2.86. The Hall–Kier alpha value is -1.95. The normalized spacial score (nSPS) is 10.1. The molecular weight excluding hydrogens is 279 g/mol. The van der Waals surface area contributed by atoms with Gasteiger partial charge in [0, 0.05) is 23.5 Å². The van der Waals surface area contributed by atoms with Gasteiger partial charge in [-0.15, -0.1) is 0 Å². The molecule has 0 radical (unpaired) electrons. The molecule has 0 saturated heterocycles. The number of rotatable bonds is 3. The maximum atomic E-state index is 11.9. The first-order valence-electron chi connectivity index (χ1n) is 5.95. The van der Waals surface area contributed by atoms with E-state index in [1.165, 1.54) is 4.40 Å². The van der Waals surface area contributed by atoms with E-state index >= 15 is 0 Å². The number of ketones is 1. The summed E-state index contributed by atoms with van der Waals surface area (Å²) in [7, 11) is 0. The fourth-order valence-corrected chi connectivity index (χ4v) is 2.17. The van der Waals surface area contributed by atoms with Crippen molar-refractivity contribution in [1.29, 1.82) is 0 Å². The predicted octanol–water partition coefficient (Wildman–Crippen LogP) is -2.06. The summed E-state index contributed by atoms with van der Waals surface area (Å²) in [5.74, 6) is -2.79. The van der Waals surface area contributed by atoms with Crippen LogP contribution in [0.2, 0.25) is 0 Å². The van der Waals surface area contributed by atoms with Gasteiger partial charge in [-0.1, -0.05) is 12.1 Å². The van der Waals surface area contributed by atoms with Crippen LogP contribution in [-0.2, 0) is 4.79 Å². The van der Waals surface area contributed by atoms with Gasteiger partial charge in [-0.05, 0) is 30.3 Å². The summed E-state index contributed by atoms with van der Waals surface area (Å²) in [5, 5.41) is 10.9. The Morgan fingerprint density at radius 3 is 2.52 bits per heavy atom. The van der Waals surface area contributed by atoms with Crippen molar-refractivity contribution < 1.29 is 44.3 Å². The predicted molar refractivity (Wildman–Crippen MR) is 70.0 cm³/mol. The zero-order valence-corrected chi connectivity index (χ0v) is 13.3. The number of nitrogens with zero attached hydrogens (tertiary/aromatic N) is 2. The first-order chi connectivity index (χ1) is 9.68. The molecule has 0 aromatic carbocycles. The van der Waals surface area contributed by atoms with Crippen molar-refractivity contribution >= 4 is 17.3 Å². The molecule has 0 spiro atoms. The van der Waals surface area contributed by atoms with E-state index in [0.29, 0.717) is 11.3 Å². The average molecular weight is 288 g/mol. The number of carbonyl (C=O) groups excluding carboxylic acids is 2.